The van der Waals surface area contributed by atoms with Crippen molar-refractivity contribution in [2.45, 2.75) is 55.7 Å². The SMILES string of the molecule is C[C@@H]1[C@H](C)CCC[C@@H]1NC(=S)NNC(=O)C[C@H]1Sc2ccccc2NC1=O. The van der Waals surface area contributed by atoms with Gasteiger partial charge >= 0.3 is 0 Å². The first-order valence-corrected chi connectivity index (χ1v) is 10.6. The molecule has 0 radical (unpaired) electrons. The van der Waals surface area contributed by atoms with Crippen molar-refractivity contribution in [2.24, 2.45) is 11.8 Å². The summed E-state index contributed by atoms with van der Waals surface area (Å²) in [5.41, 5.74) is 6.17. The van der Waals surface area contributed by atoms with E-state index in [1.807, 2.05) is 24.3 Å². The van der Waals surface area contributed by atoms with Crippen molar-refractivity contribution in [1.82, 2.24) is 16.2 Å². The maximum atomic E-state index is 12.2. The molecule has 8 heteroatoms. The summed E-state index contributed by atoms with van der Waals surface area (Å²) in [6, 6.07) is 7.91. The number of fused-ring (bicyclic) bond motifs is 1. The summed E-state index contributed by atoms with van der Waals surface area (Å²) >= 11 is 6.71. The average molecular weight is 407 g/mol. The van der Waals surface area contributed by atoms with Crippen molar-refractivity contribution in [3.63, 3.8) is 0 Å². The first kappa shape index (κ1) is 19.9. The number of hydrogen-bond acceptors (Lipinski definition) is 4. The normalized spacial score (nSPS) is 27.1. The molecule has 3 rings (SSSR count). The number of anilines is 1. The molecule has 0 bridgehead atoms. The van der Waals surface area contributed by atoms with Gasteiger partial charge in [0.2, 0.25) is 11.8 Å². The lowest BCUT2D eigenvalue weighted by Crippen LogP contribution is -2.53. The molecule has 0 aromatic heterocycles. The van der Waals surface area contributed by atoms with Crippen LogP contribution in [0.3, 0.4) is 0 Å². The third kappa shape index (κ3) is 5.13. The fraction of sp³-hybridized carbons (Fsp3) is 0.526. The third-order valence-corrected chi connectivity index (χ3v) is 6.91. The molecule has 2 amide bonds. The lowest BCUT2D eigenvalue weighted by atomic mass is 9.78. The number of thioether (sulfide) groups is 1. The van der Waals surface area contributed by atoms with Crippen LogP contribution in [0.5, 0.6) is 0 Å². The number of hydrogen-bond donors (Lipinski definition) is 4. The van der Waals surface area contributed by atoms with Crippen molar-refractivity contribution in [1.29, 1.82) is 0 Å². The second-order valence-electron chi connectivity index (χ2n) is 7.32. The minimum atomic E-state index is -0.456. The fourth-order valence-corrected chi connectivity index (χ4v) is 4.88. The second kappa shape index (κ2) is 8.93. The zero-order valence-electron chi connectivity index (χ0n) is 15.6. The van der Waals surface area contributed by atoms with Crippen LogP contribution < -0.4 is 21.5 Å². The summed E-state index contributed by atoms with van der Waals surface area (Å²) in [6.07, 6.45) is 3.60. The Hall–Kier alpha value is -1.80. The van der Waals surface area contributed by atoms with E-state index in [2.05, 4.69) is 35.3 Å². The molecule has 1 saturated carbocycles. The van der Waals surface area contributed by atoms with Gasteiger partial charge < -0.3 is 10.6 Å². The Morgan fingerprint density at radius 2 is 2.04 bits per heavy atom. The Morgan fingerprint density at radius 1 is 1.26 bits per heavy atom. The smallest absolute Gasteiger partial charge is 0.240 e. The van der Waals surface area contributed by atoms with Crippen molar-refractivity contribution in [2.75, 3.05) is 5.32 Å². The molecule has 1 fully saturated rings. The molecule has 1 heterocycles. The molecule has 1 aromatic carbocycles. The van der Waals surface area contributed by atoms with Crippen LogP contribution in [-0.2, 0) is 9.59 Å². The highest BCUT2D eigenvalue weighted by atomic mass is 32.2. The van der Waals surface area contributed by atoms with E-state index >= 15 is 0 Å². The molecule has 4 atom stereocenters. The highest BCUT2D eigenvalue weighted by Crippen LogP contribution is 2.36. The van der Waals surface area contributed by atoms with E-state index < -0.39 is 5.25 Å². The van der Waals surface area contributed by atoms with Gasteiger partial charge in [0.25, 0.3) is 0 Å². The summed E-state index contributed by atoms with van der Waals surface area (Å²) in [6.45, 7) is 4.50. The Kier molecular flexibility index (Phi) is 6.59. The molecule has 6 nitrogen and oxygen atoms in total. The number of nitrogens with one attached hydrogen (secondary N) is 4. The minimum absolute atomic E-state index is 0.0807. The molecule has 1 aliphatic heterocycles. The number of rotatable bonds is 3. The van der Waals surface area contributed by atoms with E-state index in [-0.39, 0.29) is 18.2 Å². The van der Waals surface area contributed by atoms with Crippen LogP contribution in [0.1, 0.15) is 39.5 Å². The molecule has 2 aliphatic rings. The van der Waals surface area contributed by atoms with Gasteiger partial charge in [-0.15, -0.1) is 11.8 Å². The number of amides is 2. The third-order valence-electron chi connectivity index (χ3n) is 5.42. The standard InChI is InChI=1S/C19H26N4O2S2/c1-11-6-5-8-13(12(11)2)21-19(26)23-22-17(24)10-16-18(25)20-14-7-3-4-9-15(14)27-16/h3-4,7,9,11-13,16H,5-6,8,10H2,1-2H3,(H,20,25)(H,22,24)(H2,21,23,26)/t11-,12-,13+,16-/m1/s1. The fourth-order valence-electron chi connectivity index (χ4n) is 3.56. The van der Waals surface area contributed by atoms with Crippen LogP contribution in [0.2, 0.25) is 0 Å². The van der Waals surface area contributed by atoms with Crippen LogP contribution in [-0.4, -0.2) is 28.2 Å². The van der Waals surface area contributed by atoms with Gasteiger partial charge in [0.05, 0.1) is 10.9 Å². The highest BCUT2D eigenvalue weighted by molar-refractivity contribution is 8.01. The van der Waals surface area contributed by atoms with Gasteiger partial charge in [0.1, 0.15) is 0 Å². The van der Waals surface area contributed by atoms with Crippen LogP contribution >= 0.6 is 24.0 Å². The zero-order valence-corrected chi connectivity index (χ0v) is 17.2. The molecule has 146 valence electrons. The minimum Gasteiger partial charge on any atom is -0.358 e. The summed E-state index contributed by atoms with van der Waals surface area (Å²) in [5.74, 6) is 0.783. The maximum absolute atomic E-state index is 12.2. The molecule has 1 aliphatic carbocycles. The van der Waals surface area contributed by atoms with Crippen molar-refractivity contribution in [3.8, 4) is 0 Å². The Morgan fingerprint density at radius 3 is 2.85 bits per heavy atom. The Balaban J connectivity index is 1.44. The number of hydrazine groups is 1. The van der Waals surface area contributed by atoms with E-state index in [1.54, 1.807) is 0 Å². The molecule has 0 saturated heterocycles. The van der Waals surface area contributed by atoms with Gasteiger partial charge in [-0.05, 0) is 42.6 Å². The Bertz CT molecular complexity index is 727. The number of carbonyl (C=O) groups is 2. The summed E-state index contributed by atoms with van der Waals surface area (Å²) in [5, 5.41) is 6.11. The van der Waals surface area contributed by atoms with Crippen molar-refractivity contribution in [3.05, 3.63) is 24.3 Å². The van der Waals surface area contributed by atoms with E-state index in [1.165, 1.54) is 24.6 Å². The van der Waals surface area contributed by atoms with Gasteiger partial charge in [0.15, 0.2) is 5.11 Å². The lowest BCUT2D eigenvalue weighted by Gasteiger charge is -2.35. The first-order chi connectivity index (χ1) is 12.9. The predicted octanol–water partition coefficient (Wildman–Crippen LogP) is 2.81. The van der Waals surface area contributed by atoms with Crippen LogP contribution in [0.4, 0.5) is 5.69 Å². The molecular weight excluding hydrogens is 380 g/mol. The van der Waals surface area contributed by atoms with E-state index in [0.717, 1.165) is 17.0 Å². The van der Waals surface area contributed by atoms with Gasteiger partial charge in [0, 0.05) is 17.4 Å². The largest absolute Gasteiger partial charge is 0.358 e. The molecular formula is C19H26N4O2S2. The van der Waals surface area contributed by atoms with Gasteiger partial charge in [-0.1, -0.05) is 38.8 Å². The molecule has 0 unspecified atom stereocenters. The second-order valence-corrected chi connectivity index (χ2v) is 8.97. The monoisotopic (exact) mass is 406 g/mol. The van der Waals surface area contributed by atoms with Crippen LogP contribution in [0, 0.1) is 11.8 Å². The quantitative estimate of drug-likeness (QED) is 0.456. The first-order valence-electron chi connectivity index (χ1n) is 9.36. The van der Waals surface area contributed by atoms with Crippen molar-refractivity contribution >= 4 is 46.6 Å². The maximum Gasteiger partial charge on any atom is 0.240 e. The molecule has 1 aromatic rings. The topological polar surface area (TPSA) is 82.3 Å². The molecule has 0 spiro atoms. The number of thiocarbonyl (C=S) groups is 1. The number of benzene rings is 1. The molecule has 4 N–H and O–H groups in total. The van der Waals surface area contributed by atoms with E-state index in [9.17, 15) is 9.59 Å². The van der Waals surface area contributed by atoms with Crippen LogP contribution in [0.15, 0.2) is 29.2 Å². The summed E-state index contributed by atoms with van der Waals surface area (Å²) in [7, 11) is 0. The summed E-state index contributed by atoms with van der Waals surface area (Å²) in [4.78, 5) is 25.4. The van der Waals surface area contributed by atoms with Crippen molar-refractivity contribution < 1.29 is 9.59 Å². The van der Waals surface area contributed by atoms with Gasteiger partial charge in [-0.25, -0.2) is 0 Å². The van der Waals surface area contributed by atoms with Gasteiger partial charge in [-0.3, -0.25) is 20.4 Å². The number of carbonyl (C=O) groups excluding carboxylic acids is 2. The van der Waals surface area contributed by atoms with Gasteiger partial charge in [-0.2, -0.15) is 0 Å². The van der Waals surface area contributed by atoms with E-state index in [4.69, 9.17) is 12.2 Å². The zero-order chi connectivity index (χ0) is 19.4. The van der Waals surface area contributed by atoms with Crippen LogP contribution in [0.25, 0.3) is 0 Å². The predicted molar refractivity (Wildman–Crippen MR) is 112 cm³/mol. The lowest BCUT2D eigenvalue weighted by molar-refractivity contribution is -0.124. The number of para-hydroxylation sites is 1. The highest BCUT2D eigenvalue weighted by Gasteiger charge is 2.29. The summed E-state index contributed by atoms with van der Waals surface area (Å²) < 4.78 is 0. The average Bonchev–Trinajstić information content (AvgIpc) is 2.64. The van der Waals surface area contributed by atoms with E-state index in [0.29, 0.717) is 23.0 Å². The molecule has 27 heavy (non-hydrogen) atoms. The Labute approximate surface area is 169 Å².